The third-order valence-corrected chi connectivity index (χ3v) is 5.87. The molecule has 1 aliphatic heterocycles. The summed E-state index contributed by atoms with van der Waals surface area (Å²) in [4.78, 5) is 36.3. The number of nitrogens with zero attached hydrogens (tertiary/aromatic N) is 3. The van der Waals surface area contributed by atoms with E-state index in [1.54, 1.807) is 24.5 Å². The number of amides is 3. The zero-order chi connectivity index (χ0) is 20.1. The monoisotopic (exact) mass is 407 g/mol. The lowest BCUT2D eigenvalue weighted by Gasteiger charge is -2.20. The Balaban J connectivity index is 1.33. The van der Waals surface area contributed by atoms with E-state index in [-0.39, 0.29) is 11.9 Å². The van der Waals surface area contributed by atoms with Crippen LogP contribution in [0.3, 0.4) is 0 Å². The van der Waals surface area contributed by atoms with E-state index >= 15 is 0 Å². The first-order chi connectivity index (χ1) is 14.2. The maximum atomic E-state index is 12.5. The number of nitrogens with one attached hydrogen (secondary N) is 2. The third-order valence-electron chi connectivity index (χ3n) is 4.71. The number of hydrogen-bond donors (Lipinski definition) is 2. The third kappa shape index (κ3) is 4.78. The number of anilines is 1. The fourth-order valence-corrected chi connectivity index (χ4v) is 4.16. The van der Waals surface area contributed by atoms with E-state index in [1.165, 1.54) is 11.3 Å². The maximum absolute atomic E-state index is 12.5. The van der Waals surface area contributed by atoms with Crippen molar-refractivity contribution in [2.45, 2.75) is 19.4 Å². The molecule has 1 aliphatic rings. The maximum Gasteiger partial charge on any atom is 0.317 e. The van der Waals surface area contributed by atoms with Gasteiger partial charge in [-0.2, -0.15) is 0 Å². The molecular weight excluding hydrogens is 386 g/mol. The Morgan fingerprint density at radius 3 is 2.59 bits per heavy atom. The van der Waals surface area contributed by atoms with Gasteiger partial charge in [0, 0.05) is 55.4 Å². The summed E-state index contributed by atoms with van der Waals surface area (Å²) in [6, 6.07) is 13.3. The molecule has 0 unspecified atom stereocenters. The van der Waals surface area contributed by atoms with Crippen molar-refractivity contribution in [2.24, 2.45) is 0 Å². The van der Waals surface area contributed by atoms with Gasteiger partial charge >= 0.3 is 6.03 Å². The summed E-state index contributed by atoms with van der Waals surface area (Å²) in [7, 11) is 0. The minimum Gasteiger partial charge on any atom is -0.334 e. The van der Waals surface area contributed by atoms with Crippen LogP contribution in [0.25, 0.3) is 0 Å². The van der Waals surface area contributed by atoms with Gasteiger partial charge in [-0.15, -0.1) is 11.3 Å². The minimum atomic E-state index is -0.216. The van der Waals surface area contributed by atoms with Gasteiger partial charge in [0.1, 0.15) is 0 Å². The molecule has 148 valence electrons. The van der Waals surface area contributed by atoms with Gasteiger partial charge in [0.15, 0.2) is 5.01 Å². The first kappa shape index (κ1) is 19.1. The van der Waals surface area contributed by atoms with Crippen molar-refractivity contribution in [1.29, 1.82) is 0 Å². The molecule has 1 aromatic carbocycles. The molecule has 3 aromatic rings. The summed E-state index contributed by atoms with van der Waals surface area (Å²) >= 11 is 1.40. The Morgan fingerprint density at radius 1 is 1.03 bits per heavy atom. The summed E-state index contributed by atoms with van der Waals surface area (Å²) in [6.45, 7) is 1.71. The number of thiazole rings is 1. The Bertz CT molecular complexity index is 965. The molecule has 0 spiro atoms. The molecule has 3 heterocycles. The number of aromatic nitrogens is 2. The van der Waals surface area contributed by atoms with Crippen LogP contribution in [0.1, 0.15) is 25.9 Å². The largest absolute Gasteiger partial charge is 0.334 e. The van der Waals surface area contributed by atoms with E-state index in [2.05, 4.69) is 20.6 Å². The summed E-state index contributed by atoms with van der Waals surface area (Å²) in [5, 5.41) is 6.26. The average molecular weight is 407 g/mol. The molecule has 0 radical (unpaired) electrons. The van der Waals surface area contributed by atoms with Gasteiger partial charge < -0.3 is 15.5 Å². The van der Waals surface area contributed by atoms with Crippen molar-refractivity contribution < 1.29 is 9.59 Å². The number of urea groups is 1. The fourth-order valence-electron chi connectivity index (χ4n) is 3.17. The van der Waals surface area contributed by atoms with E-state index in [0.29, 0.717) is 43.2 Å². The molecule has 0 saturated heterocycles. The normalized spacial score (nSPS) is 13.3. The van der Waals surface area contributed by atoms with Crippen molar-refractivity contribution in [2.75, 3.05) is 18.4 Å². The van der Waals surface area contributed by atoms with E-state index in [0.717, 1.165) is 16.1 Å². The van der Waals surface area contributed by atoms with Crippen molar-refractivity contribution in [1.82, 2.24) is 20.2 Å². The van der Waals surface area contributed by atoms with Gasteiger partial charge in [0.05, 0.1) is 5.69 Å². The van der Waals surface area contributed by atoms with Gasteiger partial charge in [-0.25, -0.2) is 9.78 Å². The molecule has 0 atom stereocenters. The molecule has 0 saturated carbocycles. The molecule has 8 heteroatoms. The van der Waals surface area contributed by atoms with Crippen LogP contribution >= 0.6 is 11.3 Å². The van der Waals surface area contributed by atoms with E-state index in [9.17, 15) is 9.59 Å². The predicted octanol–water partition coefficient (Wildman–Crippen LogP) is 3.10. The highest BCUT2D eigenvalue weighted by atomic mass is 32.1. The number of rotatable bonds is 4. The number of carbonyl (C=O) groups is 2. The molecule has 0 bridgehead atoms. The highest BCUT2D eigenvalue weighted by Crippen LogP contribution is 2.24. The second kappa shape index (κ2) is 8.83. The van der Waals surface area contributed by atoms with Crippen LogP contribution in [-0.4, -0.2) is 39.9 Å². The van der Waals surface area contributed by atoms with Crippen molar-refractivity contribution in [3.05, 3.63) is 76.0 Å². The Morgan fingerprint density at radius 2 is 1.79 bits per heavy atom. The zero-order valence-electron chi connectivity index (χ0n) is 15.8. The standard InChI is InChI=1S/C21H21N5O2S/c27-19(24-16-6-10-22-11-7-16)20-25-17-8-12-26(13-9-18(17)29-20)21(28)23-14-15-4-2-1-3-5-15/h1-7,10-11H,8-9,12-14H2,(H,23,28)(H,22,24,27). The lowest BCUT2D eigenvalue weighted by molar-refractivity contribution is 0.102. The number of benzene rings is 1. The molecule has 3 amide bonds. The summed E-state index contributed by atoms with van der Waals surface area (Å²) < 4.78 is 0. The average Bonchev–Trinajstić information content (AvgIpc) is 3.07. The minimum absolute atomic E-state index is 0.0698. The first-order valence-electron chi connectivity index (χ1n) is 9.46. The summed E-state index contributed by atoms with van der Waals surface area (Å²) in [6.07, 6.45) is 4.61. The Kier molecular flexibility index (Phi) is 5.81. The highest BCUT2D eigenvalue weighted by molar-refractivity contribution is 7.13. The van der Waals surface area contributed by atoms with Crippen molar-refractivity contribution in [3.8, 4) is 0 Å². The van der Waals surface area contributed by atoms with Crippen molar-refractivity contribution >= 4 is 29.0 Å². The van der Waals surface area contributed by atoms with Crippen LogP contribution in [0.5, 0.6) is 0 Å². The lowest BCUT2D eigenvalue weighted by atomic mass is 10.2. The van der Waals surface area contributed by atoms with Gasteiger partial charge in [0.25, 0.3) is 5.91 Å². The molecule has 0 aliphatic carbocycles. The zero-order valence-corrected chi connectivity index (χ0v) is 16.6. The second-order valence-corrected chi connectivity index (χ2v) is 7.79. The fraction of sp³-hybridized carbons (Fsp3) is 0.238. The molecule has 2 N–H and O–H groups in total. The topological polar surface area (TPSA) is 87.2 Å². The van der Waals surface area contributed by atoms with Crippen LogP contribution in [0.2, 0.25) is 0 Å². The van der Waals surface area contributed by atoms with E-state index < -0.39 is 0 Å². The Hall–Kier alpha value is -3.26. The number of carbonyl (C=O) groups excluding carboxylic acids is 2. The number of fused-ring (bicyclic) bond motifs is 1. The van der Waals surface area contributed by atoms with Gasteiger partial charge in [-0.05, 0) is 17.7 Å². The molecule has 7 nitrogen and oxygen atoms in total. The SMILES string of the molecule is O=C(Nc1ccncc1)c1nc2c(s1)CCN(C(=O)NCc1ccccc1)CC2. The number of hydrogen-bond acceptors (Lipinski definition) is 5. The predicted molar refractivity (Wildman–Crippen MR) is 112 cm³/mol. The molecule has 4 rings (SSSR count). The van der Waals surface area contributed by atoms with Gasteiger partial charge in [-0.1, -0.05) is 30.3 Å². The molecule has 29 heavy (non-hydrogen) atoms. The quantitative estimate of drug-likeness (QED) is 0.696. The first-order valence-corrected chi connectivity index (χ1v) is 10.3. The number of pyridine rings is 1. The van der Waals surface area contributed by atoms with Crippen LogP contribution in [0, 0.1) is 0 Å². The smallest absolute Gasteiger partial charge is 0.317 e. The summed E-state index contributed by atoms with van der Waals surface area (Å²) in [5.41, 5.74) is 2.67. The Labute approximate surface area is 172 Å². The van der Waals surface area contributed by atoms with Crippen LogP contribution < -0.4 is 10.6 Å². The van der Waals surface area contributed by atoms with Gasteiger partial charge in [-0.3, -0.25) is 9.78 Å². The summed E-state index contributed by atoms with van der Waals surface area (Å²) in [5.74, 6) is -0.216. The second-order valence-electron chi connectivity index (χ2n) is 6.71. The van der Waals surface area contributed by atoms with Crippen LogP contribution in [0.4, 0.5) is 10.5 Å². The van der Waals surface area contributed by atoms with Gasteiger partial charge in [0.2, 0.25) is 0 Å². The van der Waals surface area contributed by atoms with Crippen molar-refractivity contribution in [3.63, 3.8) is 0 Å². The highest BCUT2D eigenvalue weighted by Gasteiger charge is 2.23. The van der Waals surface area contributed by atoms with Crippen LogP contribution in [-0.2, 0) is 19.4 Å². The van der Waals surface area contributed by atoms with Crippen LogP contribution in [0.15, 0.2) is 54.9 Å². The lowest BCUT2D eigenvalue weighted by Crippen LogP contribution is -2.41. The molecule has 0 fully saturated rings. The molecular formula is C21H21N5O2S. The molecule has 2 aromatic heterocycles. The van der Waals surface area contributed by atoms with E-state index in [4.69, 9.17) is 0 Å². The van der Waals surface area contributed by atoms with E-state index in [1.807, 2.05) is 35.2 Å².